The molecule has 0 saturated carbocycles. The number of aromatic nitrogens is 3. The minimum atomic E-state index is -3.88. The third kappa shape index (κ3) is 2.78. The average molecular weight is 335 g/mol. The first-order valence-corrected chi connectivity index (χ1v) is 8.22. The zero-order chi connectivity index (χ0) is 16.6. The van der Waals surface area contributed by atoms with E-state index in [0.717, 1.165) is 18.4 Å². The molecule has 0 amide bonds. The van der Waals surface area contributed by atoms with Crippen LogP contribution in [0.3, 0.4) is 0 Å². The lowest BCUT2D eigenvalue weighted by molar-refractivity contribution is 0.347. The largest absolute Gasteiger partial charge is 0.367 e. The molecule has 0 atom stereocenters. The maximum absolute atomic E-state index is 13.1. The van der Waals surface area contributed by atoms with Gasteiger partial charge in [-0.1, -0.05) is 16.3 Å². The van der Waals surface area contributed by atoms with Crippen LogP contribution in [0.25, 0.3) is 22.5 Å². The number of hydrogen-bond acceptors (Lipinski definition) is 6. The van der Waals surface area contributed by atoms with E-state index in [2.05, 4.69) is 9.97 Å². The lowest BCUT2D eigenvalue weighted by atomic mass is 10.0. The van der Waals surface area contributed by atoms with E-state index >= 15 is 0 Å². The summed E-state index contributed by atoms with van der Waals surface area (Å²) in [5, 5.41) is 0. The molecular weight excluding hydrogens is 325 g/mol. The lowest BCUT2D eigenvalue weighted by Gasteiger charge is -2.05. The molecule has 9 heteroatoms. The van der Waals surface area contributed by atoms with Crippen LogP contribution in [0.2, 0.25) is 0 Å². The Labute approximate surface area is 130 Å². The van der Waals surface area contributed by atoms with Crippen molar-refractivity contribution in [3.8, 4) is 22.5 Å². The second kappa shape index (κ2) is 5.43. The molecule has 0 aliphatic heterocycles. The summed E-state index contributed by atoms with van der Waals surface area (Å²) in [6.07, 6.45) is 3.52. The monoisotopic (exact) mass is 335 g/mol. The summed E-state index contributed by atoms with van der Waals surface area (Å²) >= 11 is 0. The van der Waals surface area contributed by atoms with Gasteiger partial charge in [0.2, 0.25) is 0 Å². The van der Waals surface area contributed by atoms with Gasteiger partial charge in [-0.2, -0.15) is 0 Å². The van der Waals surface area contributed by atoms with Crippen LogP contribution < -0.4 is 5.63 Å². The average Bonchev–Trinajstić information content (AvgIpc) is 2.87. The molecular formula is C14H10FN3O4S. The fraction of sp³-hybridized carbons (Fsp3) is 0.0714. The molecule has 1 aromatic carbocycles. The third-order valence-corrected chi connectivity index (χ3v) is 3.91. The molecule has 118 valence electrons. The Balaban J connectivity index is 2.39. The van der Waals surface area contributed by atoms with Crippen LogP contribution >= 0.6 is 0 Å². The summed E-state index contributed by atoms with van der Waals surface area (Å²) in [6, 6.07) is 6.49. The normalized spacial score (nSPS) is 11.6. The maximum atomic E-state index is 13.1. The second-order valence-corrected chi connectivity index (χ2v) is 6.49. The van der Waals surface area contributed by atoms with Crippen molar-refractivity contribution in [1.82, 2.24) is 14.1 Å². The summed E-state index contributed by atoms with van der Waals surface area (Å²) in [6.45, 7) is 0. The third-order valence-electron chi connectivity index (χ3n) is 3.05. The van der Waals surface area contributed by atoms with Gasteiger partial charge in [0.05, 0.1) is 17.5 Å². The molecule has 3 rings (SSSR count). The van der Waals surface area contributed by atoms with Crippen LogP contribution in [0.15, 0.2) is 52.2 Å². The number of hydrogen-bond donors (Lipinski definition) is 0. The van der Waals surface area contributed by atoms with Crippen LogP contribution in [0.5, 0.6) is 0 Å². The Morgan fingerprint density at radius 1 is 1.17 bits per heavy atom. The van der Waals surface area contributed by atoms with Gasteiger partial charge in [-0.3, -0.25) is 0 Å². The zero-order valence-electron chi connectivity index (χ0n) is 11.8. The molecule has 7 nitrogen and oxygen atoms in total. The summed E-state index contributed by atoms with van der Waals surface area (Å²) in [5.74, 6) is -0.482. The summed E-state index contributed by atoms with van der Waals surface area (Å²) in [4.78, 5) is 19.9. The Bertz CT molecular complexity index is 1010. The van der Waals surface area contributed by atoms with E-state index in [0.29, 0.717) is 9.71 Å². The highest BCUT2D eigenvalue weighted by molar-refractivity contribution is 7.89. The predicted octanol–water partition coefficient (Wildman–Crippen LogP) is 1.51. The molecule has 3 aromatic rings. The molecule has 0 fully saturated rings. The molecule has 0 N–H and O–H groups in total. The van der Waals surface area contributed by atoms with E-state index in [1.165, 1.54) is 30.7 Å². The van der Waals surface area contributed by atoms with Crippen LogP contribution in [0, 0.1) is 5.82 Å². The Morgan fingerprint density at radius 3 is 2.43 bits per heavy atom. The first kappa shape index (κ1) is 15.1. The SMILES string of the molecule is CS(=O)(=O)n1oc(=O)c(-c2ccc(F)cc2)c1-c1ccncn1. The van der Waals surface area contributed by atoms with E-state index in [1.807, 2.05) is 0 Å². The number of benzene rings is 1. The van der Waals surface area contributed by atoms with Gasteiger partial charge < -0.3 is 4.52 Å². The van der Waals surface area contributed by atoms with Crippen molar-refractivity contribution in [3.63, 3.8) is 0 Å². The molecule has 23 heavy (non-hydrogen) atoms. The summed E-state index contributed by atoms with van der Waals surface area (Å²) < 4.78 is 42.3. The summed E-state index contributed by atoms with van der Waals surface area (Å²) in [7, 11) is -3.88. The molecule has 2 aromatic heterocycles. The van der Waals surface area contributed by atoms with E-state index in [-0.39, 0.29) is 17.0 Å². The van der Waals surface area contributed by atoms with Gasteiger partial charge in [0.15, 0.2) is 0 Å². The van der Waals surface area contributed by atoms with Gasteiger partial charge in [-0.05, 0) is 23.8 Å². The molecule has 0 unspecified atom stereocenters. The summed E-state index contributed by atoms with van der Waals surface area (Å²) in [5.41, 5.74) is -0.414. The van der Waals surface area contributed by atoms with Crippen molar-refractivity contribution in [2.45, 2.75) is 0 Å². The van der Waals surface area contributed by atoms with Gasteiger partial charge in [0.25, 0.3) is 10.0 Å². The lowest BCUT2D eigenvalue weighted by Crippen LogP contribution is -2.11. The fourth-order valence-electron chi connectivity index (χ4n) is 2.11. The van der Waals surface area contributed by atoms with Crippen LogP contribution in [-0.2, 0) is 10.0 Å². The van der Waals surface area contributed by atoms with E-state index in [1.54, 1.807) is 0 Å². The first-order valence-electron chi connectivity index (χ1n) is 6.37. The van der Waals surface area contributed by atoms with Crippen molar-refractivity contribution in [2.24, 2.45) is 0 Å². The maximum Gasteiger partial charge on any atom is 0.367 e. The zero-order valence-corrected chi connectivity index (χ0v) is 12.6. The van der Waals surface area contributed by atoms with Crippen molar-refractivity contribution in [1.29, 1.82) is 0 Å². The molecule has 0 aliphatic carbocycles. The van der Waals surface area contributed by atoms with Crippen molar-refractivity contribution in [2.75, 3.05) is 6.26 Å². The van der Waals surface area contributed by atoms with Gasteiger partial charge >= 0.3 is 5.63 Å². The van der Waals surface area contributed by atoms with Gasteiger partial charge in [0, 0.05) is 6.20 Å². The fourth-order valence-corrected chi connectivity index (χ4v) is 2.83. The van der Waals surface area contributed by atoms with Crippen LogP contribution in [-0.4, -0.2) is 28.8 Å². The Morgan fingerprint density at radius 2 is 1.87 bits per heavy atom. The number of nitrogens with zero attached hydrogens (tertiary/aromatic N) is 3. The molecule has 0 saturated heterocycles. The van der Waals surface area contributed by atoms with Gasteiger partial charge in [-0.25, -0.2) is 27.6 Å². The predicted molar refractivity (Wildman–Crippen MR) is 79.6 cm³/mol. The van der Waals surface area contributed by atoms with E-state index < -0.39 is 21.5 Å². The molecule has 0 spiro atoms. The minimum absolute atomic E-state index is 0.0193. The first-order chi connectivity index (χ1) is 10.9. The van der Waals surface area contributed by atoms with E-state index in [4.69, 9.17) is 4.52 Å². The Kier molecular flexibility index (Phi) is 3.57. The van der Waals surface area contributed by atoms with Crippen LogP contribution in [0.4, 0.5) is 4.39 Å². The highest BCUT2D eigenvalue weighted by atomic mass is 32.2. The number of halogens is 1. The van der Waals surface area contributed by atoms with Gasteiger partial charge in [0.1, 0.15) is 17.8 Å². The standard InChI is InChI=1S/C14H10FN3O4S/c1-23(20,21)18-13(11-6-7-16-8-17-11)12(14(19)22-18)9-2-4-10(15)5-3-9/h2-8H,1H3. The number of rotatable bonds is 3. The molecule has 0 radical (unpaired) electrons. The Hall–Kier alpha value is -2.81. The highest BCUT2D eigenvalue weighted by Crippen LogP contribution is 2.29. The smallest absolute Gasteiger partial charge is 0.320 e. The quantitative estimate of drug-likeness (QED) is 0.720. The van der Waals surface area contributed by atoms with E-state index in [9.17, 15) is 17.6 Å². The minimum Gasteiger partial charge on any atom is -0.320 e. The van der Waals surface area contributed by atoms with Crippen molar-refractivity contribution < 1.29 is 17.3 Å². The second-order valence-electron chi connectivity index (χ2n) is 4.69. The van der Waals surface area contributed by atoms with Crippen molar-refractivity contribution >= 4 is 10.0 Å². The molecule has 0 bridgehead atoms. The van der Waals surface area contributed by atoms with Crippen molar-refractivity contribution in [3.05, 3.63) is 59.1 Å². The highest BCUT2D eigenvalue weighted by Gasteiger charge is 2.26. The van der Waals surface area contributed by atoms with Gasteiger partial charge in [-0.15, -0.1) is 0 Å². The molecule has 2 heterocycles. The van der Waals surface area contributed by atoms with Crippen LogP contribution in [0.1, 0.15) is 0 Å². The topological polar surface area (TPSA) is 95.1 Å². The molecule has 0 aliphatic rings.